The Morgan fingerprint density at radius 3 is 2.38 bits per heavy atom. The van der Waals surface area contributed by atoms with Gasteiger partial charge in [0, 0.05) is 45.1 Å². The van der Waals surface area contributed by atoms with Crippen molar-refractivity contribution in [3.63, 3.8) is 0 Å². The lowest BCUT2D eigenvalue weighted by molar-refractivity contribution is -0.143. The van der Waals surface area contributed by atoms with Crippen molar-refractivity contribution in [2.75, 3.05) is 39.9 Å². The molecular weight excluding hydrogens is 304 g/mol. The molecule has 2 heterocycles. The van der Waals surface area contributed by atoms with E-state index in [2.05, 4.69) is 6.92 Å². The van der Waals surface area contributed by atoms with Crippen molar-refractivity contribution >= 4 is 11.8 Å². The van der Waals surface area contributed by atoms with Crippen molar-refractivity contribution in [3.05, 3.63) is 0 Å². The predicted molar refractivity (Wildman–Crippen MR) is 94.6 cm³/mol. The third-order valence-corrected chi connectivity index (χ3v) is 6.27. The molecule has 1 spiro atoms. The van der Waals surface area contributed by atoms with Gasteiger partial charge >= 0.3 is 0 Å². The Balaban J connectivity index is 1.93. The molecule has 2 amide bonds. The number of amides is 2. The lowest BCUT2D eigenvalue weighted by Gasteiger charge is -2.43. The molecule has 2 fully saturated rings. The molecule has 0 aromatic heterocycles. The molecule has 0 bridgehead atoms. The second-order valence-electron chi connectivity index (χ2n) is 8.15. The Bertz CT molecular complexity index is 454. The van der Waals surface area contributed by atoms with Gasteiger partial charge in [-0.25, -0.2) is 0 Å². The molecular formula is C19H34N2O3. The third kappa shape index (κ3) is 4.29. The Kier molecular flexibility index (Phi) is 6.29. The summed E-state index contributed by atoms with van der Waals surface area (Å²) in [5.41, 5.74) is -0.0223. The van der Waals surface area contributed by atoms with E-state index < -0.39 is 0 Å². The standard InChI is InChI=1S/C19H34N2O3/c1-5-18(2,3)17(23)21-12-9-19(10-13-21)7-6-16(22)20(11-8-19)14-15-24-4/h5-15H2,1-4H3. The second-order valence-corrected chi connectivity index (χ2v) is 8.15. The van der Waals surface area contributed by atoms with Crippen LogP contribution in [0.2, 0.25) is 0 Å². The topological polar surface area (TPSA) is 49.9 Å². The zero-order chi connectivity index (χ0) is 17.8. The number of rotatable bonds is 5. The van der Waals surface area contributed by atoms with E-state index in [-0.39, 0.29) is 22.6 Å². The number of nitrogens with zero attached hydrogens (tertiary/aromatic N) is 2. The molecule has 24 heavy (non-hydrogen) atoms. The Morgan fingerprint density at radius 1 is 1.17 bits per heavy atom. The number of hydrogen-bond acceptors (Lipinski definition) is 3. The van der Waals surface area contributed by atoms with E-state index >= 15 is 0 Å². The van der Waals surface area contributed by atoms with Crippen molar-refractivity contribution in [2.24, 2.45) is 10.8 Å². The first kappa shape index (κ1) is 19.2. The van der Waals surface area contributed by atoms with E-state index in [4.69, 9.17) is 4.74 Å². The van der Waals surface area contributed by atoms with Crippen LogP contribution in [0.15, 0.2) is 0 Å². The van der Waals surface area contributed by atoms with Gasteiger partial charge in [0.1, 0.15) is 0 Å². The van der Waals surface area contributed by atoms with Gasteiger partial charge < -0.3 is 14.5 Å². The van der Waals surface area contributed by atoms with Crippen LogP contribution >= 0.6 is 0 Å². The lowest BCUT2D eigenvalue weighted by atomic mass is 9.72. The van der Waals surface area contributed by atoms with Crippen molar-refractivity contribution in [3.8, 4) is 0 Å². The van der Waals surface area contributed by atoms with E-state index in [1.165, 1.54) is 0 Å². The van der Waals surface area contributed by atoms with E-state index in [9.17, 15) is 9.59 Å². The highest BCUT2D eigenvalue weighted by Gasteiger charge is 2.40. The van der Waals surface area contributed by atoms with Crippen LogP contribution in [0.3, 0.4) is 0 Å². The highest BCUT2D eigenvalue weighted by Crippen LogP contribution is 2.42. The Morgan fingerprint density at radius 2 is 1.79 bits per heavy atom. The molecule has 0 unspecified atom stereocenters. The number of hydrogen-bond donors (Lipinski definition) is 0. The van der Waals surface area contributed by atoms with Crippen molar-refractivity contribution in [1.82, 2.24) is 9.80 Å². The molecule has 2 saturated heterocycles. The van der Waals surface area contributed by atoms with Gasteiger partial charge in [-0.1, -0.05) is 20.8 Å². The van der Waals surface area contributed by atoms with Gasteiger partial charge in [-0.15, -0.1) is 0 Å². The summed E-state index contributed by atoms with van der Waals surface area (Å²) in [6, 6.07) is 0. The van der Waals surface area contributed by atoms with Crippen LogP contribution in [0.5, 0.6) is 0 Å². The number of ether oxygens (including phenoxy) is 1. The maximum absolute atomic E-state index is 12.7. The molecule has 2 aliphatic rings. The van der Waals surface area contributed by atoms with E-state index in [0.29, 0.717) is 19.6 Å². The first-order valence-electron chi connectivity index (χ1n) is 9.40. The van der Waals surface area contributed by atoms with Gasteiger partial charge in [-0.2, -0.15) is 0 Å². The second kappa shape index (κ2) is 7.85. The summed E-state index contributed by atoms with van der Waals surface area (Å²) in [7, 11) is 1.67. The number of piperidine rings is 1. The summed E-state index contributed by atoms with van der Waals surface area (Å²) in [6.07, 6.45) is 5.60. The smallest absolute Gasteiger partial charge is 0.228 e. The quantitative estimate of drug-likeness (QED) is 0.774. The molecule has 2 rings (SSSR count). The number of carbonyl (C=O) groups excluding carboxylic acids is 2. The van der Waals surface area contributed by atoms with Crippen LogP contribution in [0.1, 0.15) is 59.3 Å². The molecule has 0 aliphatic carbocycles. The largest absolute Gasteiger partial charge is 0.383 e. The van der Waals surface area contributed by atoms with Crippen LogP contribution in [-0.4, -0.2) is 61.5 Å². The summed E-state index contributed by atoms with van der Waals surface area (Å²) in [5, 5.41) is 0. The molecule has 2 aliphatic heterocycles. The van der Waals surface area contributed by atoms with Gasteiger partial charge in [0.15, 0.2) is 0 Å². The van der Waals surface area contributed by atoms with Crippen LogP contribution in [0.4, 0.5) is 0 Å². The summed E-state index contributed by atoms with van der Waals surface area (Å²) in [5.74, 6) is 0.542. The molecule has 0 aromatic rings. The van der Waals surface area contributed by atoms with Crippen molar-refractivity contribution in [1.29, 1.82) is 0 Å². The molecule has 5 heteroatoms. The van der Waals surface area contributed by atoms with Gasteiger partial charge in [-0.05, 0) is 37.5 Å². The maximum Gasteiger partial charge on any atom is 0.228 e. The normalized spacial score (nSPS) is 21.9. The first-order valence-corrected chi connectivity index (χ1v) is 9.40. The zero-order valence-electron chi connectivity index (χ0n) is 15.9. The van der Waals surface area contributed by atoms with Gasteiger partial charge in [0.2, 0.25) is 11.8 Å². The first-order chi connectivity index (χ1) is 11.3. The molecule has 0 radical (unpaired) electrons. The molecule has 0 N–H and O–H groups in total. The zero-order valence-corrected chi connectivity index (χ0v) is 15.9. The molecule has 0 atom stereocenters. The summed E-state index contributed by atoms with van der Waals surface area (Å²) < 4.78 is 5.12. The summed E-state index contributed by atoms with van der Waals surface area (Å²) >= 11 is 0. The average Bonchev–Trinajstić information content (AvgIpc) is 2.73. The third-order valence-electron chi connectivity index (χ3n) is 6.27. The average molecular weight is 338 g/mol. The van der Waals surface area contributed by atoms with Gasteiger partial charge in [0.25, 0.3) is 0 Å². The van der Waals surface area contributed by atoms with E-state index in [0.717, 1.165) is 51.7 Å². The van der Waals surface area contributed by atoms with Gasteiger partial charge in [-0.3, -0.25) is 9.59 Å². The predicted octanol–water partition coefficient (Wildman–Crippen LogP) is 2.69. The minimum Gasteiger partial charge on any atom is -0.383 e. The van der Waals surface area contributed by atoms with Crippen LogP contribution in [0.25, 0.3) is 0 Å². The fraction of sp³-hybridized carbons (Fsp3) is 0.895. The molecule has 138 valence electrons. The van der Waals surface area contributed by atoms with Crippen LogP contribution in [-0.2, 0) is 14.3 Å². The molecule has 0 aromatic carbocycles. The highest BCUT2D eigenvalue weighted by atomic mass is 16.5. The van der Waals surface area contributed by atoms with Gasteiger partial charge in [0.05, 0.1) is 6.61 Å². The summed E-state index contributed by atoms with van der Waals surface area (Å²) in [4.78, 5) is 29.0. The van der Waals surface area contributed by atoms with Crippen molar-refractivity contribution < 1.29 is 14.3 Å². The maximum atomic E-state index is 12.7. The minimum atomic E-state index is -0.263. The lowest BCUT2D eigenvalue weighted by Crippen LogP contribution is -2.48. The number of methoxy groups -OCH3 is 1. The van der Waals surface area contributed by atoms with Crippen LogP contribution < -0.4 is 0 Å². The van der Waals surface area contributed by atoms with E-state index in [1.54, 1.807) is 7.11 Å². The minimum absolute atomic E-state index is 0.241. The number of carbonyl (C=O) groups is 2. The van der Waals surface area contributed by atoms with Crippen molar-refractivity contribution in [2.45, 2.75) is 59.3 Å². The monoisotopic (exact) mass is 338 g/mol. The molecule has 0 saturated carbocycles. The SMILES string of the molecule is CCC(C)(C)C(=O)N1CCC2(CCC(=O)N(CCOC)CC2)CC1. The fourth-order valence-corrected chi connectivity index (χ4v) is 3.85. The van der Waals surface area contributed by atoms with E-state index in [1.807, 2.05) is 23.6 Å². The Labute approximate surface area is 146 Å². The number of likely N-dealkylation sites (tertiary alicyclic amines) is 2. The Hall–Kier alpha value is -1.10. The highest BCUT2D eigenvalue weighted by molar-refractivity contribution is 5.82. The molecule has 5 nitrogen and oxygen atoms in total. The fourth-order valence-electron chi connectivity index (χ4n) is 3.85. The summed E-state index contributed by atoms with van der Waals surface area (Å²) in [6.45, 7) is 9.97. The van der Waals surface area contributed by atoms with Crippen LogP contribution in [0, 0.1) is 10.8 Å².